The molecule has 2 aromatic carbocycles. The summed E-state index contributed by atoms with van der Waals surface area (Å²) in [6, 6.07) is 15.8. The predicted molar refractivity (Wildman–Crippen MR) is 124 cm³/mol. The van der Waals surface area contributed by atoms with E-state index in [9.17, 15) is 13.2 Å². The van der Waals surface area contributed by atoms with Crippen molar-refractivity contribution in [1.82, 2.24) is 14.1 Å². The van der Waals surface area contributed by atoms with Gasteiger partial charge in [0.25, 0.3) is 0 Å². The lowest BCUT2D eigenvalue weighted by Crippen LogP contribution is -2.41. The lowest BCUT2D eigenvalue weighted by molar-refractivity contribution is -0.120. The van der Waals surface area contributed by atoms with Crippen molar-refractivity contribution in [3.63, 3.8) is 0 Å². The summed E-state index contributed by atoms with van der Waals surface area (Å²) in [6.45, 7) is 0.846. The van der Waals surface area contributed by atoms with Gasteiger partial charge in [0.05, 0.1) is 23.0 Å². The largest absolute Gasteiger partial charge is 0.471 e. The van der Waals surface area contributed by atoms with E-state index in [1.165, 1.54) is 4.31 Å². The Kier molecular flexibility index (Phi) is 6.92. The first kappa shape index (κ1) is 22.5. The molecular weight excluding hydrogens is 496 g/mol. The summed E-state index contributed by atoms with van der Waals surface area (Å²) >= 11 is 3.38. The van der Waals surface area contributed by atoms with E-state index in [0.717, 1.165) is 4.47 Å². The number of nitrogens with zero attached hydrogens (tertiary/aromatic N) is 3. The van der Waals surface area contributed by atoms with Crippen molar-refractivity contribution < 1.29 is 17.9 Å². The average Bonchev–Trinajstić information content (AvgIpc) is 3.26. The molecule has 1 aliphatic heterocycles. The Hall–Kier alpha value is -2.69. The number of aromatic nitrogens is 2. The second-order valence-corrected chi connectivity index (χ2v) is 10.3. The van der Waals surface area contributed by atoms with Gasteiger partial charge in [-0.1, -0.05) is 34.1 Å². The molecule has 1 aromatic heterocycles. The second-order valence-electron chi connectivity index (χ2n) is 7.48. The molecule has 0 aliphatic carbocycles. The second kappa shape index (κ2) is 9.85. The molecule has 10 heteroatoms. The van der Waals surface area contributed by atoms with Crippen LogP contribution in [0, 0.1) is 5.92 Å². The zero-order chi connectivity index (χ0) is 22.6. The molecule has 1 fully saturated rings. The predicted octanol–water partition coefficient (Wildman–Crippen LogP) is 3.72. The summed E-state index contributed by atoms with van der Waals surface area (Å²) in [5.41, 5.74) is 0.578. The maximum atomic E-state index is 12.7. The third-order valence-corrected chi connectivity index (χ3v) is 7.73. The topological polar surface area (TPSA) is 93.5 Å². The Morgan fingerprint density at radius 2 is 1.78 bits per heavy atom. The molecule has 8 nitrogen and oxygen atoms in total. The number of piperidine rings is 1. The third kappa shape index (κ3) is 5.37. The minimum absolute atomic E-state index is 0.130. The van der Waals surface area contributed by atoms with Crippen molar-refractivity contribution >= 4 is 37.5 Å². The number of rotatable bonds is 7. The number of amides is 1. The van der Waals surface area contributed by atoms with Crippen LogP contribution in [0.1, 0.15) is 12.8 Å². The van der Waals surface area contributed by atoms with E-state index in [1.54, 1.807) is 47.4 Å². The van der Waals surface area contributed by atoms with Crippen molar-refractivity contribution in [2.75, 3.05) is 18.4 Å². The lowest BCUT2D eigenvalue weighted by atomic mass is 9.97. The average molecular weight is 519 g/mol. The minimum atomic E-state index is -3.53. The number of halogens is 1. The molecule has 1 aliphatic rings. The number of sulfonamides is 1. The third-order valence-electron chi connectivity index (χ3n) is 5.28. The van der Waals surface area contributed by atoms with E-state index in [0.29, 0.717) is 37.4 Å². The van der Waals surface area contributed by atoms with Crippen LogP contribution in [0.2, 0.25) is 0 Å². The fraction of sp³-hybridized carbons (Fsp3) is 0.273. The number of anilines is 1. The number of hydrogen-bond acceptors (Lipinski definition) is 5. The molecule has 0 bridgehead atoms. The Morgan fingerprint density at radius 3 is 2.47 bits per heavy atom. The van der Waals surface area contributed by atoms with Gasteiger partial charge in [-0.15, -0.1) is 0 Å². The van der Waals surface area contributed by atoms with Gasteiger partial charge in [0.1, 0.15) is 5.75 Å². The first-order valence-electron chi connectivity index (χ1n) is 10.2. The molecule has 32 heavy (non-hydrogen) atoms. The minimum Gasteiger partial charge on any atom is -0.471 e. The number of carbonyl (C=O) groups excluding carboxylic acids is 1. The first-order chi connectivity index (χ1) is 15.4. The summed E-state index contributed by atoms with van der Waals surface area (Å²) in [5.74, 6) is 0.334. The fourth-order valence-corrected chi connectivity index (χ4v) is 5.27. The van der Waals surface area contributed by atoms with Gasteiger partial charge in [0.15, 0.2) is 6.73 Å². The smallest absolute Gasteiger partial charge is 0.243 e. The monoisotopic (exact) mass is 518 g/mol. The SMILES string of the molecule is O=C(Nc1cnn(COc2ccc(Br)cc2)c1)C1CCN(S(=O)(=O)c2ccccc2)CC1. The van der Waals surface area contributed by atoms with E-state index in [-0.39, 0.29) is 23.5 Å². The van der Waals surface area contributed by atoms with E-state index < -0.39 is 10.0 Å². The molecule has 2 heterocycles. The van der Waals surface area contributed by atoms with Crippen molar-refractivity contribution in [1.29, 1.82) is 0 Å². The van der Waals surface area contributed by atoms with Crippen LogP contribution in [-0.4, -0.2) is 41.5 Å². The van der Waals surface area contributed by atoms with Crippen LogP contribution in [0.15, 0.2) is 76.4 Å². The maximum Gasteiger partial charge on any atom is 0.243 e. The molecule has 0 saturated carbocycles. The molecule has 0 unspecified atom stereocenters. The molecule has 0 spiro atoms. The Morgan fingerprint density at radius 1 is 1.09 bits per heavy atom. The normalized spacial score (nSPS) is 15.4. The summed E-state index contributed by atoms with van der Waals surface area (Å²) < 4.78 is 35.2. The highest BCUT2D eigenvalue weighted by Crippen LogP contribution is 2.25. The van der Waals surface area contributed by atoms with E-state index in [2.05, 4.69) is 26.3 Å². The number of nitrogens with one attached hydrogen (secondary N) is 1. The fourth-order valence-electron chi connectivity index (χ4n) is 3.51. The zero-order valence-corrected chi connectivity index (χ0v) is 19.6. The van der Waals surface area contributed by atoms with E-state index in [4.69, 9.17) is 4.74 Å². The molecule has 3 aromatic rings. The van der Waals surface area contributed by atoms with Crippen LogP contribution in [0.5, 0.6) is 5.75 Å². The highest BCUT2D eigenvalue weighted by atomic mass is 79.9. The number of benzene rings is 2. The van der Waals surface area contributed by atoms with Gasteiger partial charge in [-0.25, -0.2) is 13.1 Å². The molecule has 1 amide bonds. The van der Waals surface area contributed by atoms with Gasteiger partial charge in [-0.05, 0) is 49.2 Å². The van der Waals surface area contributed by atoms with Crippen LogP contribution in [0.3, 0.4) is 0 Å². The summed E-state index contributed by atoms with van der Waals surface area (Å²) in [4.78, 5) is 12.9. The van der Waals surface area contributed by atoms with E-state index in [1.807, 2.05) is 24.3 Å². The Balaban J connectivity index is 1.27. The van der Waals surface area contributed by atoms with Crippen molar-refractivity contribution in [2.24, 2.45) is 5.92 Å². The standard InChI is InChI=1S/C22H23BrN4O4S/c23-18-6-8-20(9-7-18)31-16-26-15-19(14-24-26)25-22(28)17-10-12-27(13-11-17)32(29,30)21-4-2-1-3-5-21/h1-9,14-15,17H,10-13,16H2,(H,25,28). The van der Waals surface area contributed by atoms with Crippen LogP contribution in [-0.2, 0) is 21.5 Å². The molecule has 1 N–H and O–H groups in total. The molecule has 168 valence electrons. The highest BCUT2D eigenvalue weighted by molar-refractivity contribution is 9.10. The van der Waals surface area contributed by atoms with Crippen LogP contribution < -0.4 is 10.1 Å². The Bertz CT molecular complexity index is 1160. The molecular formula is C22H23BrN4O4S. The number of hydrogen-bond donors (Lipinski definition) is 1. The van der Waals surface area contributed by atoms with Gasteiger partial charge >= 0.3 is 0 Å². The molecule has 1 saturated heterocycles. The van der Waals surface area contributed by atoms with Gasteiger partial charge < -0.3 is 10.1 Å². The number of ether oxygens (including phenoxy) is 1. The Labute approximate surface area is 195 Å². The summed E-state index contributed by atoms with van der Waals surface area (Å²) in [6.07, 6.45) is 4.21. The van der Waals surface area contributed by atoms with Gasteiger partial charge in [0, 0.05) is 23.5 Å². The van der Waals surface area contributed by atoms with Gasteiger partial charge in [-0.2, -0.15) is 9.40 Å². The van der Waals surface area contributed by atoms with Crippen molar-refractivity contribution in [3.05, 3.63) is 71.5 Å². The quantitative estimate of drug-likeness (QED) is 0.514. The van der Waals surface area contributed by atoms with Crippen LogP contribution in [0.4, 0.5) is 5.69 Å². The van der Waals surface area contributed by atoms with Gasteiger partial charge in [0.2, 0.25) is 15.9 Å². The molecule has 0 radical (unpaired) electrons. The van der Waals surface area contributed by atoms with Gasteiger partial charge in [-0.3, -0.25) is 4.79 Å². The van der Waals surface area contributed by atoms with Crippen molar-refractivity contribution in [2.45, 2.75) is 24.5 Å². The zero-order valence-electron chi connectivity index (χ0n) is 17.2. The lowest BCUT2D eigenvalue weighted by Gasteiger charge is -2.30. The first-order valence-corrected chi connectivity index (χ1v) is 12.4. The molecule has 0 atom stereocenters. The van der Waals surface area contributed by atoms with Crippen LogP contribution >= 0.6 is 15.9 Å². The highest BCUT2D eigenvalue weighted by Gasteiger charge is 2.32. The number of carbonyl (C=O) groups is 1. The summed E-state index contributed by atoms with van der Waals surface area (Å²) in [7, 11) is -3.53. The van der Waals surface area contributed by atoms with Crippen molar-refractivity contribution in [3.8, 4) is 5.75 Å². The van der Waals surface area contributed by atoms with E-state index >= 15 is 0 Å². The van der Waals surface area contributed by atoms with Crippen LogP contribution in [0.25, 0.3) is 0 Å². The summed E-state index contributed by atoms with van der Waals surface area (Å²) in [5, 5.41) is 7.08. The maximum absolute atomic E-state index is 12.7. The molecule has 4 rings (SSSR count).